The second-order valence-corrected chi connectivity index (χ2v) is 6.92. The lowest BCUT2D eigenvalue weighted by Crippen LogP contribution is -2.55. The molecule has 138 valence electrons. The fraction of sp³-hybridized carbons (Fsp3) is 0.421. The van der Waals surface area contributed by atoms with E-state index >= 15 is 0 Å². The smallest absolute Gasteiger partial charge is 0.252 e. The van der Waals surface area contributed by atoms with Gasteiger partial charge in [0.15, 0.2) is 0 Å². The van der Waals surface area contributed by atoms with Gasteiger partial charge < -0.3 is 15.1 Å². The molecule has 1 aromatic carbocycles. The Balaban J connectivity index is 1.77. The Hall–Kier alpha value is -2.67. The molecule has 1 aliphatic rings. The van der Waals surface area contributed by atoms with Crippen LogP contribution in [0.4, 0.5) is 5.69 Å². The molecule has 2 amide bonds. The number of piperidine rings is 1. The second kappa shape index (κ2) is 7.70. The number of likely N-dealkylation sites (N-methyl/N-ethyl adjacent to an activating group) is 1. The molecule has 2 aromatic rings. The number of para-hydroxylation sites is 1. The lowest BCUT2D eigenvalue weighted by molar-refractivity contribution is -0.138. The SMILES string of the molecule is CN(C)CC(=O)N1CCC(C(=O)Nc2ccccc2)(n2cccn2)CC1. The molecule has 2 heterocycles. The molecular formula is C19H25N5O2. The number of rotatable bonds is 5. The maximum Gasteiger partial charge on any atom is 0.252 e. The van der Waals surface area contributed by atoms with Crippen molar-refractivity contribution in [3.8, 4) is 0 Å². The number of hydrogen-bond donors (Lipinski definition) is 1. The molecule has 0 aliphatic carbocycles. The average Bonchev–Trinajstić information content (AvgIpc) is 3.17. The first-order valence-corrected chi connectivity index (χ1v) is 8.80. The van der Waals surface area contributed by atoms with Gasteiger partial charge >= 0.3 is 0 Å². The van der Waals surface area contributed by atoms with Crippen molar-refractivity contribution in [2.45, 2.75) is 18.4 Å². The van der Waals surface area contributed by atoms with E-state index in [4.69, 9.17) is 0 Å². The summed E-state index contributed by atoms with van der Waals surface area (Å²) in [5.41, 5.74) is -0.0241. The van der Waals surface area contributed by atoms with Crippen molar-refractivity contribution in [1.82, 2.24) is 19.6 Å². The minimum absolute atomic E-state index is 0.0903. The molecular weight excluding hydrogens is 330 g/mol. The highest BCUT2D eigenvalue weighted by molar-refractivity contribution is 5.97. The fourth-order valence-corrected chi connectivity index (χ4v) is 3.35. The minimum atomic E-state index is -0.783. The third-order valence-electron chi connectivity index (χ3n) is 4.79. The van der Waals surface area contributed by atoms with E-state index in [1.54, 1.807) is 10.9 Å². The summed E-state index contributed by atoms with van der Waals surface area (Å²) in [4.78, 5) is 29.2. The summed E-state index contributed by atoms with van der Waals surface area (Å²) < 4.78 is 1.74. The zero-order valence-corrected chi connectivity index (χ0v) is 15.3. The molecule has 26 heavy (non-hydrogen) atoms. The Morgan fingerprint density at radius 1 is 1.15 bits per heavy atom. The number of hydrogen-bond acceptors (Lipinski definition) is 4. The average molecular weight is 355 g/mol. The Bertz CT molecular complexity index is 735. The van der Waals surface area contributed by atoms with Gasteiger partial charge in [-0.15, -0.1) is 0 Å². The van der Waals surface area contributed by atoms with Crippen LogP contribution in [0.25, 0.3) is 0 Å². The molecule has 0 bridgehead atoms. The number of aromatic nitrogens is 2. The lowest BCUT2D eigenvalue weighted by Gasteiger charge is -2.41. The molecule has 0 spiro atoms. The van der Waals surface area contributed by atoms with Crippen molar-refractivity contribution in [3.05, 3.63) is 48.8 Å². The van der Waals surface area contributed by atoms with Crippen molar-refractivity contribution in [1.29, 1.82) is 0 Å². The second-order valence-electron chi connectivity index (χ2n) is 6.92. The number of carbonyl (C=O) groups excluding carboxylic acids is 2. The van der Waals surface area contributed by atoms with Gasteiger partial charge in [-0.05, 0) is 45.1 Å². The van der Waals surface area contributed by atoms with Crippen LogP contribution >= 0.6 is 0 Å². The molecule has 0 unspecified atom stereocenters. The summed E-state index contributed by atoms with van der Waals surface area (Å²) in [5, 5.41) is 7.34. The predicted molar refractivity (Wildman–Crippen MR) is 99.6 cm³/mol. The van der Waals surface area contributed by atoms with Gasteiger partial charge in [0.2, 0.25) is 5.91 Å². The molecule has 1 saturated heterocycles. The minimum Gasteiger partial charge on any atom is -0.341 e. The third kappa shape index (κ3) is 3.77. The number of anilines is 1. The van der Waals surface area contributed by atoms with E-state index in [0.717, 1.165) is 5.69 Å². The number of amides is 2. The Kier molecular flexibility index (Phi) is 5.37. The van der Waals surface area contributed by atoms with Gasteiger partial charge in [-0.25, -0.2) is 0 Å². The van der Waals surface area contributed by atoms with Gasteiger partial charge in [0.05, 0.1) is 6.54 Å². The zero-order valence-electron chi connectivity index (χ0n) is 15.3. The van der Waals surface area contributed by atoms with Gasteiger partial charge in [-0.1, -0.05) is 18.2 Å². The van der Waals surface area contributed by atoms with Crippen LogP contribution in [-0.2, 0) is 15.1 Å². The molecule has 3 rings (SSSR count). The highest BCUT2D eigenvalue weighted by Crippen LogP contribution is 2.31. The van der Waals surface area contributed by atoms with Gasteiger partial charge in [0.1, 0.15) is 5.54 Å². The normalized spacial score (nSPS) is 16.5. The highest BCUT2D eigenvalue weighted by atomic mass is 16.2. The molecule has 0 radical (unpaired) electrons. The van der Waals surface area contributed by atoms with Crippen LogP contribution in [0.2, 0.25) is 0 Å². The molecule has 7 nitrogen and oxygen atoms in total. The quantitative estimate of drug-likeness (QED) is 0.880. The molecule has 0 atom stereocenters. The van der Waals surface area contributed by atoms with Crippen LogP contribution in [0.3, 0.4) is 0 Å². The van der Waals surface area contributed by atoms with Crippen LogP contribution in [0.5, 0.6) is 0 Å². The van der Waals surface area contributed by atoms with Gasteiger partial charge in [-0.2, -0.15) is 5.10 Å². The van der Waals surface area contributed by atoms with Crippen molar-refractivity contribution >= 4 is 17.5 Å². The fourth-order valence-electron chi connectivity index (χ4n) is 3.35. The van der Waals surface area contributed by atoms with Crippen LogP contribution in [-0.4, -0.2) is 65.1 Å². The first kappa shape index (κ1) is 18.1. The molecule has 1 aliphatic heterocycles. The van der Waals surface area contributed by atoms with E-state index in [9.17, 15) is 9.59 Å². The number of likely N-dealkylation sites (tertiary alicyclic amines) is 1. The molecule has 1 aromatic heterocycles. The van der Waals surface area contributed by atoms with Crippen molar-refractivity contribution < 1.29 is 9.59 Å². The van der Waals surface area contributed by atoms with E-state index < -0.39 is 5.54 Å². The van der Waals surface area contributed by atoms with Crippen molar-refractivity contribution in [2.75, 3.05) is 39.0 Å². The van der Waals surface area contributed by atoms with E-state index in [1.165, 1.54) is 0 Å². The van der Waals surface area contributed by atoms with Gasteiger partial charge in [0.25, 0.3) is 5.91 Å². The largest absolute Gasteiger partial charge is 0.341 e. The van der Waals surface area contributed by atoms with E-state index in [1.807, 2.05) is 66.5 Å². The summed E-state index contributed by atoms with van der Waals surface area (Å²) in [6.07, 6.45) is 4.57. The summed E-state index contributed by atoms with van der Waals surface area (Å²) in [6, 6.07) is 11.2. The number of nitrogens with one attached hydrogen (secondary N) is 1. The summed E-state index contributed by atoms with van der Waals surface area (Å²) in [6.45, 7) is 1.45. The van der Waals surface area contributed by atoms with E-state index in [0.29, 0.717) is 32.5 Å². The molecule has 0 saturated carbocycles. The Morgan fingerprint density at radius 2 is 1.85 bits per heavy atom. The van der Waals surface area contributed by atoms with Crippen molar-refractivity contribution in [2.24, 2.45) is 0 Å². The number of benzene rings is 1. The summed E-state index contributed by atoms with van der Waals surface area (Å²) in [7, 11) is 3.76. The Morgan fingerprint density at radius 3 is 2.42 bits per heavy atom. The monoisotopic (exact) mass is 355 g/mol. The summed E-state index contributed by atoms with van der Waals surface area (Å²) in [5.74, 6) is -0.000332. The zero-order chi connectivity index (χ0) is 18.6. The standard InChI is InChI=1S/C19H25N5O2/c1-22(2)15-17(25)23-13-9-19(10-14-23,24-12-6-11-20-24)18(26)21-16-7-4-3-5-8-16/h3-8,11-12H,9-10,13-15H2,1-2H3,(H,21,26). The molecule has 7 heteroatoms. The van der Waals surface area contributed by atoms with Crippen LogP contribution < -0.4 is 5.32 Å². The van der Waals surface area contributed by atoms with Crippen LogP contribution in [0.1, 0.15) is 12.8 Å². The lowest BCUT2D eigenvalue weighted by atomic mass is 9.86. The van der Waals surface area contributed by atoms with Crippen molar-refractivity contribution in [3.63, 3.8) is 0 Å². The molecule has 1 N–H and O–H groups in total. The van der Waals surface area contributed by atoms with E-state index in [2.05, 4.69) is 10.4 Å². The number of nitrogens with zero attached hydrogens (tertiary/aromatic N) is 4. The van der Waals surface area contributed by atoms with Crippen LogP contribution in [0.15, 0.2) is 48.8 Å². The maximum absolute atomic E-state index is 13.2. The third-order valence-corrected chi connectivity index (χ3v) is 4.79. The number of carbonyl (C=O) groups is 2. The Labute approximate surface area is 153 Å². The van der Waals surface area contributed by atoms with Gasteiger partial charge in [0, 0.05) is 31.2 Å². The topological polar surface area (TPSA) is 70.5 Å². The first-order valence-electron chi connectivity index (χ1n) is 8.80. The first-order chi connectivity index (χ1) is 12.5. The highest BCUT2D eigenvalue weighted by Gasteiger charge is 2.44. The van der Waals surface area contributed by atoms with E-state index in [-0.39, 0.29) is 11.8 Å². The van der Waals surface area contributed by atoms with Gasteiger partial charge in [-0.3, -0.25) is 14.3 Å². The predicted octanol–water partition coefficient (Wildman–Crippen LogP) is 1.40. The molecule has 1 fully saturated rings. The maximum atomic E-state index is 13.2. The van der Waals surface area contributed by atoms with Crippen LogP contribution in [0, 0.1) is 0 Å². The summed E-state index contributed by atoms with van der Waals surface area (Å²) >= 11 is 0.